The molecule has 0 heterocycles. The summed E-state index contributed by atoms with van der Waals surface area (Å²) in [5.74, 6) is -0.204. The van der Waals surface area contributed by atoms with Gasteiger partial charge in [-0.2, -0.15) is 0 Å². The van der Waals surface area contributed by atoms with Gasteiger partial charge in [-0.25, -0.2) is 8.42 Å². The highest BCUT2D eigenvalue weighted by Gasteiger charge is 2.34. The van der Waals surface area contributed by atoms with Gasteiger partial charge >= 0.3 is 0 Å². The Hall–Kier alpha value is -2.79. The maximum Gasteiger partial charge on any atom is 0.264 e. The van der Waals surface area contributed by atoms with Crippen LogP contribution in [0.3, 0.4) is 0 Å². The second-order valence-electron chi connectivity index (χ2n) is 10.2. The summed E-state index contributed by atoms with van der Waals surface area (Å²) in [6, 6.07) is 16.7. The number of carbonyl (C=O) groups is 2. The van der Waals surface area contributed by atoms with Crippen LogP contribution in [-0.2, 0) is 26.2 Å². The van der Waals surface area contributed by atoms with Gasteiger partial charge in [-0.15, -0.1) is 0 Å². The average Bonchev–Trinajstić information content (AvgIpc) is 2.97. The van der Waals surface area contributed by atoms with E-state index in [1.54, 1.807) is 61.5 Å². The summed E-state index contributed by atoms with van der Waals surface area (Å²) in [6.45, 7) is 7.75. The lowest BCUT2D eigenvalue weighted by atomic mass is 10.1. The van der Waals surface area contributed by atoms with Crippen LogP contribution in [0, 0.1) is 5.92 Å². The summed E-state index contributed by atoms with van der Waals surface area (Å²) < 4.78 is 35.3. The zero-order chi connectivity index (χ0) is 31.7. The Bertz CT molecular complexity index is 1480. The van der Waals surface area contributed by atoms with Crippen LogP contribution in [0.15, 0.2) is 76.1 Å². The van der Waals surface area contributed by atoms with Gasteiger partial charge in [0.25, 0.3) is 10.0 Å². The lowest BCUT2D eigenvalue weighted by Gasteiger charge is -2.33. The van der Waals surface area contributed by atoms with E-state index in [1.165, 1.54) is 17.0 Å². The molecule has 1 atom stereocenters. The second kappa shape index (κ2) is 15.8. The SMILES string of the molecule is CCOc1ccc(N(CC(=O)N(Cc2c(Cl)cccc2Cl)C(CC)C(=O)NCC(C)C)S(=O)(=O)c2ccc(Br)cc2)cc1. The molecule has 232 valence electrons. The first-order valence-electron chi connectivity index (χ1n) is 13.9. The van der Waals surface area contributed by atoms with Gasteiger partial charge in [0.1, 0.15) is 18.3 Å². The number of rotatable bonds is 14. The Balaban J connectivity index is 2.09. The van der Waals surface area contributed by atoms with Crippen molar-refractivity contribution >= 4 is 66.7 Å². The summed E-state index contributed by atoms with van der Waals surface area (Å²) in [4.78, 5) is 28.9. The fourth-order valence-corrected chi connectivity index (χ4v) is 6.53. The van der Waals surface area contributed by atoms with Crippen LogP contribution in [0.25, 0.3) is 0 Å². The molecule has 0 aliphatic carbocycles. The maximum absolute atomic E-state index is 14.2. The predicted octanol–water partition coefficient (Wildman–Crippen LogP) is 6.93. The number of amides is 2. The summed E-state index contributed by atoms with van der Waals surface area (Å²) in [7, 11) is -4.22. The Morgan fingerprint density at radius 2 is 1.56 bits per heavy atom. The van der Waals surface area contributed by atoms with Crippen molar-refractivity contribution in [2.45, 2.75) is 51.6 Å². The van der Waals surface area contributed by atoms with Crippen molar-refractivity contribution in [1.82, 2.24) is 10.2 Å². The summed E-state index contributed by atoms with van der Waals surface area (Å²) in [5.41, 5.74) is 0.713. The van der Waals surface area contributed by atoms with Crippen molar-refractivity contribution in [3.63, 3.8) is 0 Å². The quantitative estimate of drug-likeness (QED) is 0.196. The number of carbonyl (C=O) groups excluding carboxylic acids is 2. The number of hydrogen-bond donors (Lipinski definition) is 1. The fourth-order valence-electron chi connectivity index (χ4n) is 4.33. The number of anilines is 1. The molecule has 0 saturated carbocycles. The lowest BCUT2D eigenvalue weighted by molar-refractivity contribution is -0.140. The number of nitrogens with zero attached hydrogens (tertiary/aromatic N) is 2. The lowest BCUT2D eigenvalue weighted by Crippen LogP contribution is -2.52. The van der Waals surface area contributed by atoms with Crippen molar-refractivity contribution in [2.75, 3.05) is 24.0 Å². The number of nitrogens with one attached hydrogen (secondary N) is 1. The molecule has 0 fully saturated rings. The van der Waals surface area contributed by atoms with Crippen LogP contribution in [0.1, 0.15) is 39.7 Å². The van der Waals surface area contributed by atoms with Gasteiger partial charge in [-0.3, -0.25) is 13.9 Å². The Kier molecular flexibility index (Phi) is 12.7. The Morgan fingerprint density at radius 1 is 0.953 bits per heavy atom. The zero-order valence-corrected chi connectivity index (χ0v) is 28.4. The van der Waals surface area contributed by atoms with Crippen molar-refractivity contribution in [3.8, 4) is 5.75 Å². The van der Waals surface area contributed by atoms with Crippen LogP contribution >= 0.6 is 39.1 Å². The first-order chi connectivity index (χ1) is 20.4. The molecule has 0 aliphatic heterocycles. The minimum atomic E-state index is -4.22. The van der Waals surface area contributed by atoms with E-state index in [-0.39, 0.29) is 35.4 Å². The molecule has 0 saturated heterocycles. The van der Waals surface area contributed by atoms with Gasteiger partial charge in [0, 0.05) is 33.2 Å². The van der Waals surface area contributed by atoms with Crippen molar-refractivity contribution in [1.29, 1.82) is 0 Å². The fraction of sp³-hybridized carbons (Fsp3) is 0.355. The molecule has 3 aromatic carbocycles. The zero-order valence-electron chi connectivity index (χ0n) is 24.5. The second-order valence-corrected chi connectivity index (χ2v) is 13.8. The first-order valence-corrected chi connectivity index (χ1v) is 16.9. The number of benzene rings is 3. The molecule has 3 aromatic rings. The van der Waals surface area contributed by atoms with E-state index >= 15 is 0 Å². The van der Waals surface area contributed by atoms with Crippen LogP contribution in [0.5, 0.6) is 5.75 Å². The standard InChI is InChI=1S/C31H36BrCl2N3O5S/c1-5-29(31(39)35-18-21(3)4)36(19-26-27(33)8-7-9-28(26)34)30(38)20-37(23-12-14-24(15-13-23)42-6-2)43(40,41)25-16-10-22(32)11-17-25/h7-17,21,29H,5-6,18-20H2,1-4H3,(H,35,39). The third-order valence-electron chi connectivity index (χ3n) is 6.58. The molecule has 1 N–H and O–H groups in total. The minimum Gasteiger partial charge on any atom is -0.494 e. The van der Waals surface area contributed by atoms with E-state index in [1.807, 2.05) is 20.8 Å². The molecule has 0 radical (unpaired) electrons. The van der Waals surface area contributed by atoms with Crippen LogP contribution < -0.4 is 14.4 Å². The van der Waals surface area contributed by atoms with Crippen LogP contribution in [0.2, 0.25) is 10.0 Å². The smallest absolute Gasteiger partial charge is 0.264 e. The van der Waals surface area contributed by atoms with Gasteiger partial charge < -0.3 is 15.0 Å². The topological polar surface area (TPSA) is 96.0 Å². The van der Waals surface area contributed by atoms with Crippen molar-refractivity contribution in [3.05, 3.63) is 86.8 Å². The van der Waals surface area contributed by atoms with E-state index in [9.17, 15) is 18.0 Å². The third kappa shape index (κ3) is 9.11. The number of ether oxygens (including phenoxy) is 1. The molecule has 2 amide bonds. The Morgan fingerprint density at radius 3 is 2.09 bits per heavy atom. The highest BCUT2D eigenvalue weighted by atomic mass is 79.9. The molecule has 8 nitrogen and oxygen atoms in total. The van der Waals surface area contributed by atoms with E-state index in [0.29, 0.717) is 39.0 Å². The van der Waals surface area contributed by atoms with E-state index in [2.05, 4.69) is 21.2 Å². The Labute approximate surface area is 272 Å². The predicted molar refractivity (Wildman–Crippen MR) is 175 cm³/mol. The molecule has 0 aliphatic rings. The van der Waals surface area contributed by atoms with Gasteiger partial charge in [0.05, 0.1) is 17.2 Å². The summed E-state index contributed by atoms with van der Waals surface area (Å²) in [5, 5.41) is 3.55. The van der Waals surface area contributed by atoms with E-state index < -0.39 is 28.5 Å². The van der Waals surface area contributed by atoms with Gasteiger partial charge in [0.15, 0.2) is 0 Å². The summed E-state index contributed by atoms with van der Waals surface area (Å²) in [6.07, 6.45) is 0.278. The van der Waals surface area contributed by atoms with E-state index in [4.69, 9.17) is 27.9 Å². The molecular weight excluding hydrogens is 677 g/mol. The van der Waals surface area contributed by atoms with Gasteiger partial charge in [0.2, 0.25) is 11.8 Å². The third-order valence-corrected chi connectivity index (χ3v) is 9.60. The van der Waals surface area contributed by atoms with Gasteiger partial charge in [-0.1, -0.05) is 66.0 Å². The molecule has 43 heavy (non-hydrogen) atoms. The molecule has 1 unspecified atom stereocenters. The molecule has 0 aromatic heterocycles. The molecule has 12 heteroatoms. The maximum atomic E-state index is 14.2. The van der Waals surface area contributed by atoms with Crippen LogP contribution in [-0.4, -0.2) is 50.9 Å². The molecule has 0 spiro atoms. The van der Waals surface area contributed by atoms with E-state index in [0.717, 1.165) is 4.31 Å². The van der Waals surface area contributed by atoms with Crippen molar-refractivity contribution < 1.29 is 22.7 Å². The number of halogens is 3. The van der Waals surface area contributed by atoms with Crippen LogP contribution in [0.4, 0.5) is 5.69 Å². The molecule has 3 rings (SSSR count). The van der Waals surface area contributed by atoms with Crippen molar-refractivity contribution in [2.24, 2.45) is 5.92 Å². The highest BCUT2D eigenvalue weighted by molar-refractivity contribution is 9.10. The monoisotopic (exact) mass is 711 g/mol. The number of hydrogen-bond acceptors (Lipinski definition) is 5. The van der Waals surface area contributed by atoms with Gasteiger partial charge in [-0.05, 0) is 79.9 Å². The summed E-state index contributed by atoms with van der Waals surface area (Å²) >= 11 is 16.3. The normalized spacial score (nSPS) is 12.1. The molecule has 0 bridgehead atoms. The minimum absolute atomic E-state index is 0.000184. The average molecular weight is 714 g/mol. The largest absolute Gasteiger partial charge is 0.494 e. The molecular formula is C31H36BrCl2N3O5S. The highest BCUT2D eigenvalue weighted by Crippen LogP contribution is 2.30. The number of sulfonamides is 1. The first kappa shape index (κ1) is 34.7.